The van der Waals surface area contributed by atoms with E-state index in [0.717, 1.165) is 48.6 Å². The number of hydrogen-bond acceptors (Lipinski definition) is 5. The molecule has 3 aromatic heterocycles. The number of imidazole rings is 1. The van der Waals surface area contributed by atoms with Crippen LogP contribution in [0.3, 0.4) is 0 Å². The lowest BCUT2D eigenvalue weighted by molar-refractivity contribution is 0.486. The van der Waals surface area contributed by atoms with E-state index in [1.807, 2.05) is 30.3 Å². The number of fused-ring (bicyclic) bond motifs is 2. The first-order valence-electron chi connectivity index (χ1n) is 10.4. The highest BCUT2D eigenvalue weighted by Crippen LogP contribution is 2.30. The van der Waals surface area contributed by atoms with Crippen molar-refractivity contribution in [1.82, 2.24) is 29.8 Å². The van der Waals surface area contributed by atoms with E-state index in [0.29, 0.717) is 23.0 Å². The molecule has 0 spiro atoms. The van der Waals surface area contributed by atoms with Crippen LogP contribution in [0, 0.1) is 5.82 Å². The van der Waals surface area contributed by atoms with E-state index in [4.69, 9.17) is 10.1 Å². The van der Waals surface area contributed by atoms with Crippen molar-refractivity contribution in [3.8, 4) is 11.4 Å². The zero-order valence-electron chi connectivity index (χ0n) is 16.7. The summed E-state index contributed by atoms with van der Waals surface area (Å²) < 4.78 is 15.9. The van der Waals surface area contributed by atoms with Gasteiger partial charge in [0.2, 0.25) is 0 Å². The molecule has 4 heterocycles. The van der Waals surface area contributed by atoms with Crippen molar-refractivity contribution < 1.29 is 4.39 Å². The number of nitrogens with one attached hydrogen (secondary N) is 1. The van der Waals surface area contributed by atoms with Crippen molar-refractivity contribution in [1.29, 1.82) is 0 Å². The predicted octanol–water partition coefficient (Wildman–Crippen LogP) is 4.19. The molecule has 0 atom stereocenters. The van der Waals surface area contributed by atoms with E-state index in [1.54, 1.807) is 22.7 Å². The van der Waals surface area contributed by atoms with Crippen LogP contribution < -0.4 is 4.90 Å². The Bertz CT molecular complexity index is 1350. The lowest BCUT2D eigenvalue weighted by atomic mass is 9.96. The molecule has 0 amide bonds. The van der Waals surface area contributed by atoms with Gasteiger partial charge in [0.1, 0.15) is 17.5 Å². The topological polar surface area (TPSA) is 75.0 Å². The summed E-state index contributed by atoms with van der Waals surface area (Å²) in [6.45, 7) is 1.74. The molecule has 5 aromatic rings. The summed E-state index contributed by atoms with van der Waals surface area (Å²) in [5.41, 5.74) is 3.09. The van der Waals surface area contributed by atoms with E-state index < -0.39 is 0 Å². The van der Waals surface area contributed by atoms with Gasteiger partial charge in [-0.05, 0) is 49.2 Å². The van der Waals surface area contributed by atoms with Gasteiger partial charge in [-0.3, -0.25) is 0 Å². The summed E-state index contributed by atoms with van der Waals surface area (Å²) in [5.74, 6) is 2.37. The number of halogens is 1. The van der Waals surface area contributed by atoms with Crippen LogP contribution in [-0.2, 0) is 0 Å². The number of H-pyrrole nitrogens is 1. The minimum absolute atomic E-state index is 0.337. The fourth-order valence-electron chi connectivity index (χ4n) is 4.31. The maximum atomic E-state index is 14.3. The second kappa shape index (κ2) is 7.16. The number of aromatic nitrogens is 6. The van der Waals surface area contributed by atoms with Crippen LogP contribution in [0.5, 0.6) is 0 Å². The van der Waals surface area contributed by atoms with Gasteiger partial charge in [0.05, 0.1) is 16.6 Å². The molecule has 31 heavy (non-hydrogen) atoms. The number of rotatable bonds is 3. The molecule has 1 aliphatic heterocycles. The highest BCUT2D eigenvalue weighted by Gasteiger charge is 2.24. The number of hydrogen-bond donors (Lipinski definition) is 1. The molecular formula is C23H20FN7. The fourth-order valence-corrected chi connectivity index (χ4v) is 4.31. The Labute approximate surface area is 177 Å². The van der Waals surface area contributed by atoms with Gasteiger partial charge >= 0.3 is 0 Å². The third-order valence-electron chi connectivity index (χ3n) is 5.98. The maximum Gasteiger partial charge on any atom is 0.188 e. The Morgan fingerprint density at radius 1 is 0.903 bits per heavy atom. The molecule has 1 fully saturated rings. The molecule has 0 saturated carbocycles. The van der Waals surface area contributed by atoms with Crippen LogP contribution in [-0.4, -0.2) is 42.9 Å². The molecule has 0 bridgehead atoms. The van der Waals surface area contributed by atoms with Crippen LogP contribution in [0.1, 0.15) is 24.6 Å². The summed E-state index contributed by atoms with van der Waals surface area (Å²) in [6.07, 6.45) is 1.98. The fraction of sp³-hybridized carbons (Fsp3) is 0.217. The van der Waals surface area contributed by atoms with Crippen molar-refractivity contribution >= 4 is 22.5 Å². The average molecular weight is 413 g/mol. The molecule has 0 aliphatic carbocycles. The Hall–Kier alpha value is -3.81. The predicted molar refractivity (Wildman–Crippen MR) is 116 cm³/mol. The minimum Gasteiger partial charge on any atom is -0.355 e. The monoisotopic (exact) mass is 413 g/mol. The van der Waals surface area contributed by atoms with Crippen LogP contribution in [0.15, 0.2) is 60.7 Å². The Morgan fingerprint density at radius 2 is 1.71 bits per heavy atom. The first-order valence-corrected chi connectivity index (χ1v) is 10.4. The van der Waals surface area contributed by atoms with Crippen molar-refractivity contribution in [2.24, 2.45) is 0 Å². The molecule has 1 saturated heterocycles. The molecule has 2 aromatic carbocycles. The smallest absolute Gasteiger partial charge is 0.188 e. The number of nitrogens with zero attached hydrogens (tertiary/aromatic N) is 6. The summed E-state index contributed by atoms with van der Waals surface area (Å²) in [6, 6.07) is 18.5. The molecule has 1 aliphatic rings. The summed E-state index contributed by atoms with van der Waals surface area (Å²) in [5, 5.41) is 13.0. The molecule has 154 valence electrons. The summed E-state index contributed by atoms with van der Waals surface area (Å²) in [7, 11) is 0. The van der Waals surface area contributed by atoms with Gasteiger partial charge in [0.15, 0.2) is 11.5 Å². The Balaban J connectivity index is 1.25. The lowest BCUT2D eigenvalue weighted by Gasteiger charge is -2.31. The third-order valence-corrected chi connectivity index (χ3v) is 5.98. The third kappa shape index (κ3) is 3.11. The highest BCUT2D eigenvalue weighted by atomic mass is 19.1. The first kappa shape index (κ1) is 18.0. The molecule has 6 rings (SSSR count). The second-order valence-corrected chi connectivity index (χ2v) is 7.87. The van der Waals surface area contributed by atoms with Crippen LogP contribution in [0.4, 0.5) is 10.2 Å². The average Bonchev–Trinajstić information content (AvgIpc) is 3.43. The van der Waals surface area contributed by atoms with Gasteiger partial charge in [-0.1, -0.05) is 24.3 Å². The van der Waals surface area contributed by atoms with Crippen molar-refractivity contribution in [3.05, 3.63) is 72.3 Å². The van der Waals surface area contributed by atoms with E-state index >= 15 is 0 Å². The molecule has 7 nitrogen and oxygen atoms in total. The zero-order chi connectivity index (χ0) is 20.8. The molecular weight excluding hydrogens is 393 g/mol. The lowest BCUT2D eigenvalue weighted by Crippen LogP contribution is -2.34. The van der Waals surface area contributed by atoms with Gasteiger partial charge in [0.25, 0.3) is 0 Å². The number of piperidine rings is 1. The minimum atomic E-state index is -0.337. The van der Waals surface area contributed by atoms with Crippen LogP contribution in [0.25, 0.3) is 28.1 Å². The summed E-state index contributed by atoms with van der Waals surface area (Å²) in [4.78, 5) is 10.5. The first-order chi connectivity index (χ1) is 15.3. The number of aromatic amines is 1. The van der Waals surface area contributed by atoms with Crippen LogP contribution in [0.2, 0.25) is 0 Å². The Morgan fingerprint density at radius 3 is 2.55 bits per heavy atom. The van der Waals surface area contributed by atoms with Gasteiger partial charge in [-0.15, -0.1) is 15.3 Å². The van der Waals surface area contributed by atoms with Crippen LogP contribution >= 0.6 is 0 Å². The number of para-hydroxylation sites is 2. The normalized spacial score (nSPS) is 15.2. The maximum absolute atomic E-state index is 14.3. The number of benzene rings is 2. The van der Waals surface area contributed by atoms with Gasteiger partial charge in [-0.2, -0.15) is 4.52 Å². The molecule has 1 N–H and O–H groups in total. The van der Waals surface area contributed by atoms with Gasteiger partial charge in [-0.25, -0.2) is 9.37 Å². The van der Waals surface area contributed by atoms with Crippen molar-refractivity contribution in [2.45, 2.75) is 18.8 Å². The zero-order valence-corrected chi connectivity index (χ0v) is 16.7. The largest absolute Gasteiger partial charge is 0.355 e. The Kier molecular flexibility index (Phi) is 4.15. The van der Waals surface area contributed by atoms with E-state index in [9.17, 15) is 4.39 Å². The molecule has 8 heteroatoms. The SMILES string of the molecule is Fc1ccccc1-c1nnc2ccc(N3CCC(c4nc5ccccc5[nH]4)CC3)nn12. The standard InChI is InChI=1S/C23H20FN7/c24-17-6-2-1-5-16(17)23-28-27-20-9-10-21(29-31(20)23)30-13-11-15(12-14-30)22-25-18-7-3-4-8-19(18)26-22/h1-10,15H,11-14H2,(H,25,26). The van der Waals surface area contributed by atoms with Gasteiger partial charge in [0, 0.05) is 19.0 Å². The molecule has 0 radical (unpaired) electrons. The van der Waals surface area contributed by atoms with E-state index in [1.165, 1.54) is 6.07 Å². The highest BCUT2D eigenvalue weighted by molar-refractivity contribution is 5.74. The molecule has 0 unspecified atom stereocenters. The van der Waals surface area contributed by atoms with Gasteiger partial charge < -0.3 is 9.88 Å². The second-order valence-electron chi connectivity index (χ2n) is 7.87. The number of anilines is 1. The van der Waals surface area contributed by atoms with E-state index in [-0.39, 0.29) is 5.82 Å². The van der Waals surface area contributed by atoms with E-state index in [2.05, 4.69) is 26.1 Å². The summed E-state index contributed by atoms with van der Waals surface area (Å²) >= 11 is 0. The quantitative estimate of drug-likeness (QED) is 0.480. The van der Waals surface area contributed by atoms with Crippen molar-refractivity contribution in [2.75, 3.05) is 18.0 Å². The van der Waals surface area contributed by atoms with Crippen molar-refractivity contribution in [3.63, 3.8) is 0 Å².